The smallest absolute Gasteiger partial charge is 0.343 e. The number of carbonyl (C=O) groups is 3. The lowest BCUT2D eigenvalue weighted by Gasteiger charge is -2.05. The van der Waals surface area contributed by atoms with Crippen LogP contribution < -0.4 is 15.5 Å². The monoisotopic (exact) mass is 400 g/mol. The van der Waals surface area contributed by atoms with Crippen molar-refractivity contribution in [2.45, 2.75) is 0 Å². The number of nitro benzene ring substituents is 1. The van der Waals surface area contributed by atoms with Gasteiger partial charge in [-0.3, -0.25) is 19.7 Å². The summed E-state index contributed by atoms with van der Waals surface area (Å²) in [4.78, 5) is 44.5. The highest BCUT2D eigenvalue weighted by Gasteiger charge is 2.13. The lowest BCUT2D eigenvalue weighted by molar-refractivity contribution is -0.384. The fourth-order valence-corrected chi connectivity index (χ4v) is 1.92. The molecule has 2 aromatic rings. The number of non-ortho nitro benzene ring substituents is 1. The van der Waals surface area contributed by atoms with Gasteiger partial charge in [-0.2, -0.15) is 5.10 Å². The number of hydrazone groups is 1. The van der Waals surface area contributed by atoms with Crippen LogP contribution in [0.1, 0.15) is 5.56 Å². The molecule has 0 spiro atoms. The fraction of sp³-hybridized carbons (Fsp3) is 0.111. The first-order chi connectivity index (χ1) is 13.9. The van der Waals surface area contributed by atoms with Crippen molar-refractivity contribution in [3.8, 4) is 5.75 Å². The zero-order valence-corrected chi connectivity index (χ0v) is 15.2. The molecule has 0 saturated carbocycles. The molecule has 2 N–H and O–H groups in total. The van der Waals surface area contributed by atoms with E-state index >= 15 is 0 Å². The van der Waals surface area contributed by atoms with Crippen LogP contribution in [0.3, 0.4) is 0 Å². The van der Waals surface area contributed by atoms with Crippen LogP contribution in [0.15, 0.2) is 53.6 Å². The van der Waals surface area contributed by atoms with Gasteiger partial charge in [0.25, 0.3) is 5.69 Å². The first-order valence-electron chi connectivity index (χ1n) is 8.07. The molecule has 0 aliphatic carbocycles. The summed E-state index contributed by atoms with van der Waals surface area (Å²) < 4.78 is 9.64. The van der Waals surface area contributed by atoms with Gasteiger partial charge in [0.05, 0.1) is 18.2 Å². The summed E-state index contributed by atoms with van der Waals surface area (Å²) in [6.07, 6.45) is 1.31. The van der Waals surface area contributed by atoms with E-state index in [0.717, 1.165) is 0 Å². The van der Waals surface area contributed by atoms with Gasteiger partial charge in [0.15, 0.2) is 6.61 Å². The molecule has 2 rings (SSSR count). The number of esters is 1. The van der Waals surface area contributed by atoms with Gasteiger partial charge >= 0.3 is 17.8 Å². The molecule has 0 unspecified atom stereocenters. The van der Waals surface area contributed by atoms with Crippen LogP contribution in [0.5, 0.6) is 5.75 Å². The van der Waals surface area contributed by atoms with Crippen LogP contribution in [0.25, 0.3) is 0 Å². The van der Waals surface area contributed by atoms with Crippen LogP contribution >= 0.6 is 0 Å². The number of rotatable bonds is 7. The van der Waals surface area contributed by atoms with Gasteiger partial charge in [-0.15, -0.1) is 0 Å². The summed E-state index contributed by atoms with van der Waals surface area (Å²) in [6, 6.07) is 11.4. The Balaban J connectivity index is 1.82. The van der Waals surface area contributed by atoms with E-state index in [1.807, 2.05) is 0 Å². The molecule has 11 heteroatoms. The zero-order valence-electron chi connectivity index (χ0n) is 15.2. The highest BCUT2D eigenvalue weighted by atomic mass is 16.6. The first kappa shape index (κ1) is 21.0. The number of nitrogens with one attached hydrogen (secondary N) is 2. The average molecular weight is 400 g/mol. The minimum Gasteiger partial charge on any atom is -0.482 e. The molecule has 150 valence electrons. The van der Waals surface area contributed by atoms with Gasteiger partial charge in [-0.05, 0) is 42.0 Å². The summed E-state index contributed by atoms with van der Waals surface area (Å²) in [5.74, 6) is -2.07. The molecule has 0 aromatic heterocycles. The molecule has 11 nitrogen and oxygen atoms in total. The Hall–Kier alpha value is -4.28. The van der Waals surface area contributed by atoms with E-state index in [9.17, 15) is 24.5 Å². The van der Waals surface area contributed by atoms with E-state index in [2.05, 4.69) is 20.6 Å². The number of hydrogen-bond acceptors (Lipinski definition) is 8. The van der Waals surface area contributed by atoms with Crippen molar-refractivity contribution in [1.82, 2.24) is 5.43 Å². The van der Waals surface area contributed by atoms with Crippen LogP contribution in [-0.4, -0.2) is 42.6 Å². The predicted octanol–water partition coefficient (Wildman–Crippen LogP) is 1.24. The third-order valence-corrected chi connectivity index (χ3v) is 3.39. The molecule has 0 heterocycles. The molecule has 0 saturated heterocycles. The van der Waals surface area contributed by atoms with Gasteiger partial charge in [0.1, 0.15) is 5.75 Å². The Kier molecular flexibility index (Phi) is 7.36. The average Bonchev–Trinajstić information content (AvgIpc) is 2.73. The van der Waals surface area contributed by atoms with Gasteiger partial charge in [-0.1, -0.05) is 0 Å². The maximum atomic E-state index is 11.8. The minimum atomic E-state index is -1.02. The quantitative estimate of drug-likeness (QED) is 0.233. The number of nitro groups is 1. The molecule has 0 radical (unpaired) electrons. The molecule has 0 aliphatic heterocycles. The number of hydrogen-bond donors (Lipinski definition) is 2. The second-order valence-electron chi connectivity index (χ2n) is 5.39. The Bertz CT molecular complexity index is 924. The van der Waals surface area contributed by atoms with Crippen molar-refractivity contribution < 1.29 is 28.8 Å². The SMILES string of the molecule is COC(=O)COc1ccc(/C=N\NC(=O)C(=O)Nc2ccc([N+](=O)[O-])cc2)cc1. The van der Waals surface area contributed by atoms with E-state index in [0.29, 0.717) is 11.3 Å². The van der Waals surface area contributed by atoms with Crippen molar-refractivity contribution in [3.05, 3.63) is 64.2 Å². The Morgan fingerprint density at radius 3 is 2.31 bits per heavy atom. The number of methoxy groups -OCH3 is 1. The third kappa shape index (κ3) is 6.75. The fourth-order valence-electron chi connectivity index (χ4n) is 1.92. The summed E-state index contributed by atoms with van der Waals surface area (Å²) in [7, 11) is 1.26. The number of anilines is 1. The normalized spacial score (nSPS) is 10.2. The second-order valence-corrected chi connectivity index (χ2v) is 5.39. The molecule has 0 bridgehead atoms. The first-order valence-corrected chi connectivity index (χ1v) is 8.07. The van der Waals surface area contributed by atoms with Crippen molar-refractivity contribution in [2.24, 2.45) is 5.10 Å². The predicted molar refractivity (Wildman–Crippen MR) is 101 cm³/mol. The van der Waals surface area contributed by atoms with Crippen molar-refractivity contribution in [1.29, 1.82) is 0 Å². The molecule has 0 aliphatic rings. The van der Waals surface area contributed by atoms with Crippen molar-refractivity contribution in [3.63, 3.8) is 0 Å². The molecule has 0 fully saturated rings. The van der Waals surface area contributed by atoms with E-state index < -0.39 is 22.7 Å². The number of nitrogens with zero attached hydrogens (tertiary/aromatic N) is 2. The van der Waals surface area contributed by atoms with E-state index in [-0.39, 0.29) is 18.0 Å². The van der Waals surface area contributed by atoms with Gasteiger partial charge < -0.3 is 14.8 Å². The van der Waals surface area contributed by atoms with Crippen LogP contribution in [0, 0.1) is 10.1 Å². The number of ether oxygens (including phenoxy) is 2. The highest BCUT2D eigenvalue weighted by molar-refractivity contribution is 6.39. The summed E-state index contributed by atoms with van der Waals surface area (Å²) in [5.41, 5.74) is 2.75. The largest absolute Gasteiger partial charge is 0.482 e. The maximum absolute atomic E-state index is 11.8. The molecular weight excluding hydrogens is 384 g/mol. The van der Waals surface area contributed by atoms with Crippen LogP contribution in [0.2, 0.25) is 0 Å². The Morgan fingerprint density at radius 1 is 1.07 bits per heavy atom. The summed E-state index contributed by atoms with van der Waals surface area (Å²) >= 11 is 0. The lowest BCUT2D eigenvalue weighted by atomic mass is 10.2. The molecule has 2 aromatic carbocycles. The van der Waals surface area contributed by atoms with Gasteiger partial charge in [0, 0.05) is 17.8 Å². The molecule has 2 amide bonds. The van der Waals surface area contributed by atoms with E-state index in [1.165, 1.54) is 37.6 Å². The Morgan fingerprint density at radius 2 is 1.72 bits per heavy atom. The maximum Gasteiger partial charge on any atom is 0.343 e. The zero-order chi connectivity index (χ0) is 21.2. The van der Waals surface area contributed by atoms with Crippen molar-refractivity contribution in [2.75, 3.05) is 19.0 Å². The summed E-state index contributed by atoms with van der Waals surface area (Å²) in [5, 5.41) is 16.5. The minimum absolute atomic E-state index is 0.140. The molecular formula is C18H16N4O7. The third-order valence-electron chi connectivity index (χ3n) is 3.39. The standard InChI is InChI=1S/C18H16N4O7/c1-28-16(23)11-29-15-8-2-12(3-9-15)10-19-21-18(25)17(24)20-13-4-6-14(7-5-13)22(26)27/h2-10H,11H2,1H3,(H,20,24)(H,21,25)/b19-10-. The molecule has 29 heavy (non-hydrogen) atoms. The summed E-state index contributed by atoms with van der Waals surface area (Å²) in [6.45, 7) is -0.218. The lowest BCUT2D eigenvalue weighted by Crippen LogP contribution is -2.32. The number of benzene rings is 2. The van der Waals surface area contributed by atoms with E-state index in [4.69, 9.17) is 4.74 Å². The topological polar surface area (TPSA) is 149 Å². The van der Waals surface area contributed by atoms with Crippen LogP contribution in [0.4, 0.5) is 11.4 Å². The number of carbonyl (C=O) groups excluding carboxylic acids is 3. The van der Waals surface area contributed by atoms with E-state index in [1.54, 1.807) is 24.3 Å². The molecule has 0 atom stereocenters. The highest BCUT2D eigenvalue weighted by Crippen LogP contribution is 2.15. The van der Waals surface area contributed by atoms with Crippen molar-refractivity contribution >= 4 is 35.4 Å². The Labute approximate surface area is 164 Å². The number of amides is 2. The van der Waals surface area contributed by atoms with Gasteiger partial charge in [-0.25, -0.2) is 10.2 Å². The second kappa shape index (κ2) is 10.2. The van der Waals surface area contributed by atoms with Gasteiger partial charge in [0.2, 0.25) is 0 Å². The van der Waals surface area contributed by atoms with Crippen LogP contribution in [-0.2, 0) is 19.1 Å².